The van der Waals surface area contributed by atoms with Crippen LogP contribution in [0.1, 0.15) is 68.7 Å². The van der Waals surface area contributed by atoms with Crippen LogP contribution in [0, 0.1) is 5.92 Å². The van der Waals surface area contributed by atoms with Gasteiger partial charge in [0.1, 0.15) is 11.3 Å². The lowest BCUT2D eigenvalue weighted by Gasteiger charge is -2.47. The van der Waals surface area contributed by atoms with Gasteiger partial charge in [-0.05, 0) is 61.3 Å². The zero-order chi connectivity index (χ0) is 26.7. The van der Waals surface area contributed by atoms with Crippen LogP contribution in [0.5, 0.6) is 0 Å². The number of piperidine rings is 1. The van der Waals surface area contributed by atoms with Crippen LogP contribution in [-0.2, 0) is 21.5 Å². The van der Waals surface area contributed by atoms with Crippen molar-refractivity contribution < 1.29 is 25.6 Å². The maximum Gasteiger partial charge on any atom is 0.313 e. The monoisotopic (exact) mass is 519 g/mol. The van der Waals surface area contributed by atoms with Crippen LogP contribution < -0.4 is 0 Å². The van der Waals surface area contributed by atoms with E-state index in [9.17, 15) is 20.1 Å². The Morgan fingerprint density at radius 1 is 0.789 bits per heavy atom. The predicted molar refractivity (Wildman–Crippen MR) is 150 cm³/mol. The molecule has 6 nitrogen and oxygen atoms in total. The summed E-state index contributed by atoms with van der Waals surface area (Å²) in [6.45, 7) is 6.72. The van der Waals surface area contributed by atoms with Gasteiger partial charge in [0.25, 0.3) is 0 Å². The van der Waals surface area contributed by atoms with Crippen LogP contribution in [0.4, 0.5) is 0 Å². The fourth-order valence-electron chi connectivity index (χ4n) is 5.80. The summed E-state index contributed by atoms with van der Waals surface area (Å²) in [6, 6.07) is 27.1. The molecule has 0 saturated carbocycles. The number of aliphatic hydroxyl groups is 2. The van der Waals surface area contributed by atoms with E-state index in [0.717, 1.165) is 36.0 Å². The molecule has 204 valence electrons. The van der Waals surface area contributed by atoms with Gasteiger partial charge < -0.3 is 20.8 Å². The standard InChI is InChI=1S/C32H39NO4.H2O/c1-4-21-31(36,25-17-15-24(16-18-25)30(2,3)29(34)35)33-22-19-28(20-23-33)32(37,26-11-7-5-8-12-26)27-13-9-6-10-14-27;/h5-18,28,36-37H,4,19-23H2,1-3H3,(H,34,35);1H2. The fourth-order valence-corrected chi connectivity index (χ4v) is 5.80. The maximum absolute atomic E-state index is 12.2. The van der Waals surface area contributed by atoms with E-state index in [-0.39, 0.29) is 11.4 Å². The van der Waals surface area contributed by atoms with Crippen LogP contribution in [0.25, 0.3) is 0 Å². The molecule has 1 heterocycles. The number of rotatable bonds is 9. The van der Waals surface area contributed by atoms with Crippen LogP contribution in [0.15, 0.2) is 84.9 Å². The van der Waals surface area contributed by atoms with Gasteiger partial charge in [-0.15, -0.1) is 0 Å². The van der Waals surface area contributed by atoms with E-state index in [0.29, 0.717) is 25.1 Å². The lowest BCUT2D eigenvalue weighted by atomic mass is 9.71. The number of hydrogen-bond donors (Lipinski definition) is 3. The fraction of sp³-hybridized carbons (Fsp3) is 0.406. The van der Waals surface area contributed by atoms with E-state index in [2.05, 4.69) is 11.8 Å². The zero-order valence-electron chi connectivity index (χ0n) is 22.6. The van der Waals surface area contributed by atoms with Crippen molar-refractivity contribution >= 4 is 5.97 Å². The number of hydrogen-bond acceptors (Lipinski definition) is 4. The van der Waals surface area contributed by atoms with Gasteiger partial charge in [0.15, 0.2) is 0 Å². The Kier molecular flexibility index (Phi) is 9.16. The quantitative estimate of drug-likeness (QED) is 0.375. The van der Waals surface area contributed by atoms with Gasteiger partial charge in [-0.2, -0.15) is 0 Å². The maximum atomic E-state index is 12.2. The summed E-state index contributed by atoms with van der Waals surface area (Å²) in [5, 5.41) is 33.8. The number of aliphatic carboxylic acids is 1. The molecule has 5 N–H and O–H groups in total. The molecule has 1 fully saturated rings. The summed E-state index contributed by atoms with van der Waals surface area (Å²) in [5.41, 5.74) is 0.000506. The van der Waals surface area contributed by atoms with Crippen molar-refractivity contribution in [3.63, 3.8) is 0 Å². The number of nitrogens with zero attached hydrogens (tertiary/aromatic N) is 1. The Morgan fingerprint density at radius 3 is 1.66 bits per heavy atom. The van der Waals surface area contributed by atoms with Gasteiger partial charge in [0.05, 0.1) is 5.41 Å². The van der Waals surface area contributed by atoms with Gasteiger partial charge in [-0.25, -0.2) is 0 Å². The second-order valence-electron chi connectivity index (χ2n) is 10.8. The first kappa shape index (κ1) is 29.5. The molecule has 0 aromatic heterocycles. The molecule has 0 aliphatic carbocycles. The van der Waals surface area contributed by atoms with E-state index in [1.54, 1.807) is 13.8 Å². The molecular formula is C32H41NO5. The SMILES string of the molecule is CCCC(O)(c1ccc(C(C)(C)C(=O)O)cc1)N1CCC(C(O)(c2ccccc2)c2ccccc2)CC1.O. The Labute approximate surface area is 225 Å². The molecule has 0 bridgehead atoms. The summed E-state index contributed by atoms with van der Waals surface area (Å²) in [7, 11) is 0. The third-order valence-electron chi connectivity index (χ3n) is 8.24. The number of benzene rings is 3. The van der Waals surface area contributed by atoms with Crippen LogP contribution in [0.2, 0.25) is 0 Å². The molecular weight excluding hydrogens is 478 g/mol. The molecule has 4 rings (SSSR count). The Balaban J connectivity index is 0.00000400. The van der Waals surface area contributed by atoms with Crippen molar-refractivity contribution in [1.29, 1.82) is 0 Å². The number of carboxylic acid groups (broad SMARTS) is 1. The first-order valence-corrected chi connectivity index (χ1v) is 13.3. The minimum Gasteiger partial charge on any atom is -0.481 e. The van der Waals surface area contributed by atoms with Gasteiger partial charge >= 0.3 is 5.97 Å². The minimum absolute atomic E-state index is 0. The van der Waals surface area contributed by atoms with Gasteiger partial charge in [0, 0.05) is 13.1 Å². The minimum atomic E-state index is -1.15. The number of likely N-dealkylation sites (tertiary alicyclic amines) is 1. The normalized spacial score (nSPS) is 16.9. The van der Waals surface area contributed by atoms with E-state index in [1.807, 2.05) is 84.9 Å². The summed E-state index contributed by atoms with van der Waals surface area (Å²) in [4.78, 5) is 13.8. The largest absolute Gasteiger partial charge is 0.481 e. The molecule has 0 radical (unpaired) electrons. The third-order valence-corrected chi connectivity index (χ3v) is 8.24. The first-order valence-electron chi connectivity index (χ1n) is 13.3. The molecule has 0 amide bonds. The average Bonchev–Trinajstić information content (AvgIpc) is 2.93. The first-order chi connectivity index (χ1) is 17.6. The molecule has 1 unspecified atom stereocenters. The van der Waals surface area contributed by atoms with Gasteiger partial charge in [-0.3, -0.25) is 9.69 Å². The molecule has 1 atom stereocenters. The lowest BCUT2D eigenvalue weighted by Crippen LogP contribution is -2.52. The summed E-state index contributed by atoms with van der Waals surface area (Å²) in [6.07, 6.45) is 2.84. The highest BCUT2D eigenvalue weighted by molar-refractivity contribution is 5.80. The second kappa shape index (κ2) is 11.8. The van der Waals surface area contributed by atoms with Crippen molar-refractivity contribution in [3.05, 3.63) is 107 Å². The molecule has 1 saturated heterocycles. The highest BCUT2D eigenvalue weighted by Gasteiger charge is 2.45. The van der Waals surface area contributed by atoms with Crippen LogP contribution in [-0.4, -0.2) is 44.8 Å². The highest BCUT2D eigenvalue weighted by atomic mass is 16.4. The van der Waals surface area contributed by atoms with E-state index in [1.165, 1.54) is 0 Å². The van der Waals surface area contributed by atoms with Crippen LogP contribution in [0.3, 0.4) is 0 Å². The lowest BCUT2D eigenvalue weighted by molar-refractivity contribution is -0.144. The van der Waals surface area contributed by atoms with E-state index < -0.39 is 22.7 Å². The van der Waals surface area contributed by atoms with Crippen LogP contribution >= 0.6 is 0 Å². The Morgan fingerprint density at radius 2 is 1.24 bits per heavy atom. The van der Waals surface area contributed by atoms with Crippen molar-refractivity contribution in [2.45, 2.75) is 63.2 Å². The van der Waals surface area contributed by atoms with E-state index >= 15 is 0 Å². The van der Waals surface area contributed by atoms with Gasteiger partial charge in [-0.1, -0.05) is 98.3 Å². The predicted octanol–water partition coefficient (Wildman–Crippen LogP) is 4.82. The molecule has 0 spiro atoms. The Bertz CT molecular complexity index is 1130. The van der Waals surface area contributed by atoms with Gasteiger partial charge in [0.2, 0.25) is 0 Å². The van der Waals surface area contributed by atoms with Crippen molar-refractivity contribution in [2.75, 3.05) is 13.1 Å². The van der Waals surface area contributed by atoms with Crippen molar-refractivity contribution in [1.82, 2.24) is 4.90 Å². The van der Waals surface area contributed by atoms with Crippen molar-refractivity contribution in [3.8, 4) is 0 Å². The van der Waals surface area contributed by atoms with Crippen molar-refractivity contribution in [2.24, 2.45) is 5.92 Å². The zero-order valence-corrected chi connectivity index (χ0v) is 22.6. The highest BCUT2D eigenvalue weighted by Crippen LogP contribution is 2.44. The molecule has 38 heavy (non-hydrogen) atoms. The molecule has 3 aromatic rings. The molecule has 1 aliphatic heterocycles. The summed E-state index contributed by atoms with van der Waals surface area (Å²) >= 11 is 0. The molecule has 6 heteroatoms. The summed E-state index contributed by atoms with van der Waals surface area (Å²) in [5.74, 6) is -0.881. The summed E-state index contributed by atoms with van der Waals surface area (Å²) < 4.78 is 0. The van der Waals surface area contributed by atoms with E-state index in [4.69, 9.17) is 0 Å². The number of carbonyl (C=O) groups is 1. The molecule has 1 aliphatic rings. The number of carboxylic acids is 1. The Hall–Kier alpha value is -3.03. The molecule has 3 aromatic carbocycles. The second-order valence-corrected chi connectivity index (χ2v) is 10.8. The topological polar surface area (TPSA) is 112 Å². The smallest absolute Gasteiger partial charge is 0.313 e. The average molecular weight is 520 g/mol. The third kappa shape index (κ3) is 5.40.